The summed E-state index contributed by atoms with van der Waals surface area (Å²) in [5, 5.41) is 2.50. The van der Waals surface area contributed by atoms with Gasteiger partial charge in [-0.2, -0.15) is 0 Å². The number of halogens is 1. The molecule has 2 aromatic carbocycles. The second-order valence-corrected chi connectivity index (χ2v) is 4.52. The number of carbonyl (C=O) groups excluding carboxylic acids is 2. The highest BCUT2D eigenvalue weighted by molar-refractivity contribution is 6.51. The Morgan fingerprint density at radius 1 is 1.10 bits per heavy atom. The first-order valence-corrected chi connectivity index (χ1v) is 6.06. The molecule has 0 atom stereocenters. The molecule has 1 aliphatic heterocycles. The first-order chi connectivity index (χ1) is 9.58. The second kappa shape index (κ2) is 4.45. The van der Waals surface area contributed by atoms with Gasteiger partial charge in [0, 0.05) is 12.7 Å². The third-order valence-corrected chi connectivity index (χ3v) is 3.30. The maximum absolute atomic E-state index is 13.8. The number of nitrogens with one attached hydrogen (secondary N) is 1. The number of rotatable bonds is 2. The molecule has 100 valence electrons. The lowest BCUT2D eigenvalue weighted by molar-refractivity contribution is -0.112. The number of ketones is 1. The van der Waals surface area contributed by atoms with Crippen molar-refractivity contribution in [1.29, 1.82) is 0 Å². The van der Waals surface area contributed by atoms with Crippen LogP contribution in [-0.4, -0.2) is 18.7 Å². The summed E-state index contributed by atoms with van der Waals surface area (Å²) in [6, 6.07) is 11.3. The number of nitrogens with zero attached hydrogens (tertiary/aromatic N) is 1. The Hall–Kier alpha value is -2.69. The number of carbonyl (C=O) groups is 2. The van der Waals surface area contributed by atoms with Gasteiger partial charge in [-0.05, 0) is 30.3 Å². The van der Waals surface area contributed by atoms with Crippen LogP contribution in [0.4, 0.5) is 21.5 Å². The molecule has 5 heteroatoms. The molecule has 0 saturated carbocycles. The molecule has 0 saturated heterocycles. The third kappa shape index (κ3) is 1.84. The van der Waals surface area contributed by atoms with E-state index in [-0.39, 0.29) is 5.82 Å². The van der Waals surface area contributed by atoms with Crippen LogP contribution in [0.15, 0.2) is 42.5 Å². The van der Waals surface area contributed by atoms with E-state index in [0.29, 0.717) is 22.6 Å². The SMILES string of the molecule is CN(c1ccc2c(c1)NC(=O)C2=O)c1ccccc1F. The van der Waals surface area contributed by atoms with Gasteiger partial charge in [-0.1, -0.05) is 12.1 Å². The molecule has 4 nitrogen and oxygen atoms in total. The molecule has 0 aliphatic carbocycles. The predicted molar refractivity (Wildman–Crippen MR) is 73.9 cm³/mol. The van der Waals surface area contributed by atoms with Crippen molar-refractivity contribution in [3.8, 4) is 0 Å². The van der Waals surface area contributed by atoms with Crippen LogP contribution in [0.25, 0.3) is 0 Å². The molecule has 20 heavy (non-hydrogen) atoms. The van der Waals surface area contributed by atoms with Crippen LogP contribution in [-0.2, 0) is 4.79 Å². The standard InChI is InChI=1S/C15H11FN2O2/c1-18(13-5-3-2-4-11(13)16)9-6-7-10-12(8-9)17-15(20)14(10)19/h2-8H,1H3,(H,17,19,20). The van der Waals surface area contributed by atoms with E-state index in [1.807, 2.05) is 0 Å². The predicted octanol–water partition coefficient (Wildman–Crippen LogP) is 2.73. The second-order valence-electron chi connectivity index (χ2n) is 4.52. The molecule has 1 amide bonds. The number of Topliss-reactive ketones (excluding diaryl/α,β-unsaturated/α-hetero) is 1. The maximum Gasteiger partial charge on any atom is 0.296 e. The van der Waals surface area contributed by atoms with Gasteiger partial charge in [0.15, 0.2) is 0 Å². The molecular formula is C15H11FN2O2. The van der Waals surface area contributed by atoms with Gasteiger partial charge in [0.2, 0.25) is 0 Å². The lowest BCUT2D eigenvalue weighted by Gasteiger charge is -2.20. The smallest absolute Gasteiger partial charge is 0.296 e. The number of para-hydroxylation sites is 1. The highest BCUT2D eigenvalue weighted by atomic mass is 19.1. The average molecular weight is 270 g/mol. The van der Waals surface area contributed by atoms with Crippen LogP contribution >= 0.6 is 0 Å². The van der Waals surface area contributed by atoms with Gasteiger partial charge < -0.3 is 10.2 Å². The van der Waals surface area contributed by atoms with Crippen molar-refractivity contribution in [3.63, 3.8) is 0 Å². The minimum absolute atomic E-state index is 0.337. The highest BCUT2D eigenvalue weighted by Crippen LogP contribution is 2.32. The van der Waals surface area contributed by atoms with E-state index in [4.69, 9.17) is 0 Å². The average Bonchev–Trinajstić information content (AvgIpc) is 2.73. The minimum atomic E-state index is -0.634. The number of benzene rings is 2. The molecule has 0 radical (unpaired) electrons. The summed E-state index contributed by atoms with van der Waals surface area (Å²) in [5.74, 6) is -1.51. The molecular weight excluding hydrogens is 259 g/mol. The Balaban J connectivity index is 2.01. The van der Waals surface area contributed by atoms with Crippen LogP contribution < -0.4 is 10.2 Å². The number of amides is 1. The Morgan fingerprint density at radius 3 is 2.60 bits per heavy atom. The molecule has 2 aromatic rings. The molecule has 0 fully saturated rings. The monoisotopic (exact) mass is 270 g/mol. The van der Waals surface area contributed by atoms with E-state index in [2.05, 4.69) is 5.32 Å². The van der Waals surface area contributed by atoms with Crippen LogP contribution in [0.2, 0.25) is 0 Å². The highest BCUT2D eigenvalue weighted by Gasteiger charge is 2.28. The molecule has 1 heterocycles. The van der Waals surface area contributed by atoms with Crippen molar-refractivity contribution in [2.75, 3.05) is 17.3 Å². The van der Waals surface area contributed by atoms with Gasteiger partial charge in [0.1, 0.15) is 5.82 Å². The normalized spacial score (nSPS) is 13.1. The third-order valence-electron chi connectivity index (χ3n) is 3.30. The summed E-state index contributed by atoms with van der Waals surface area (Å²) in [6.07, 6.45) is 0. The topological polar surface area (TPSA) is 49.4 Å². The Kier molecular flexibility index (Phi) is 2.75. The van der Waals surface area contributed by atoms with E-state index < -0.39 is 11.7 Å². The fraction of sp³-hybridized carbons (Fsp3) is 0.0667. The van der Waals surface area contributed by atoms with Gasteiger partial charge in [0.25, 0.3) is 11.7 Å². The van der Waals surface area contributed by atoms with Crippen molar-refractivity contribution in [3.05, 3.63) is 53.8 Å². The molecule has 1 aliphatic rings. The summed E-state index contributed by atoms with van der Waals surface area (Å²) in [5.41, 5.74) is 1.91. The lowest BCUT2D eigenvalue weighted by Crippen LogP contribution is -2.12. The van der Waals surface area contributed by atoms with Gasteiger partial charge in [-0.25, -0.2) is 4.39 Å². The number of hydrogen-bond acceptors (Lipinski definition) is 3. The Labute approximate surface area is 114 Å². The van der Waals surface area contributed by atoms with Crippen molar-refractivity contribution in [2.24, 2.45) is 0 Å². The van der Waals surface area contributed by atoms with Crippen LogP contribution in [0.5, 0.6) is 0 Å². The summed E-state index contributed by atoms with van der Waals surface area (Å²) in [4.78, 5) is 24.5. The zero-order valence-corrected chi connectivity index (χ0v) is 10.7. The molecule has 0 bridgehead atoms. The zero-order valence-electron chi connectivity index (χ0n) is 10.7. The van der Waals surface area contributed by atoms with Crippen molar-refractivity contribution in [1.82, 2.24) is 0 Å². The van der Waals surface area contributed by atoms with E-state index in [1.165, 1.54) is 6.07 Å². The van der Waals surface area contributed by atoms with Gasteiger partial charge in [0.05, 0.1) is 16.9 Å². The number of fused-ring (bicyclic) bond motifs is 1. The number of hydrogen-bond donors (Lipinski definition) is 1. The fourth-order valence-electron chi connectivity index (χ4n) is 2.21. The van der Waals surface area contributed by atoms with Crippen molar-refractivity contribution in [2.45, 2.75) is 0 Å². The number of anilines is 3. The van der Waals surface area contributed by atoms with E-state index in [1.54, 1.807) is 48.3 Å². The molecule has 0 unspecified atom stereocenters. The molecule has 0 aromatic heterocycles. The van der Waals surface area contributed by atoms with Gasteiger partial charge >= 0.3 is 0 Å². The maximum atomic E-state index is 13.8. The lowest BCUT2D eigenvalue weighted by atomic mass is 10.1. The van der Waals surface area contributed by atoms with E-state index >= 15 is 0 Å². The van der Waals surface area contributed by atoms with Crippen LogP contribution in [0.1, 0.15) is 10.4 Å². The molecule has 0 spiro atoms. The Morgan fingerprint density at radius 2 is 1.85 bits per heavy atom. The Bertz CT molecular complexity index is 728. The van der Waals surface area contributed by atoms with Crippen molar-refractivity contribution >= 4 is 28.8 Å². The van der Waals surface area contributed by atoms with Gasteiger partial charge in [-0.3, -0.25) is 9.59 Å². The van der Waals surface area contributed by atoms with E-state index in [0.717, 1.165) is 0 Å². The summed E-state index contributed by atoms with van der Waals surface area (Å²) < 4.78 is 13.8. The summed E-state index contributed by atoms with van der Waals surface area (Å²) in [7, 11) is 1.72. The van der Waals surface area contributed by atoms with E-state index in [9.17, 15) is 14.0 Å². The zero-order chi connectivity index (χ0) is 14.3. The summed E-state index contributed by atoms with van der Waals surface area (Å²) in [6.45, 7) is 0. The first-order valence-electron chi connectivity index (χ1n) is 6.06. The molecule has 1 N–H and O–H groups in total. The largest absolute Gasteiger partial charge is 0.342 e. The van der Waals surface area contributed by atoms with Crippen molar-refractivity contribution < 1.29 is 14.0 Å². The first kappa shape index (κ1) is 12.3. The molecule has 3 rings (SSSR count). The van der Waals surface area contributed by atoms with Crippen LogP contribution in [0.3, 0.4) is 0 Å². The van der Waals surface area contributed by atoms with Crippen LogP contribution in [0, 0.1) is 5.82 Å². The minimum Gasteiger partial charge on any atom is -0.342 e. The van der Waals surface area contributed by atoms with Gasteiger partial charge in [-0.15, -0.1) is 0 Å². The quantitative estimate of drug-likeness (QED) is 0.854. The fourth-order valence-corrected chi connectivity index (χ4v) is 2.21. The summed E-state index contributed by atoms with van der Waals surface area (Å²) >= 11 is 0.